The second kappa shape index (κ2) is 5.76. The van der Waals surface area contributed by atoms with E-state index in [1.165, 1.54) is 17.7 Å². The van der Waals surface area contributed by atoms with Crippen LogP contribution in [0.3, 0.4) is 0 Å². The maximum atomic E-state index is 13.3. The molecule has 0 atom stereocenters. The van der Waals surface area contributed by atoms with E-state index in [1.54, 1.807) is 6.07 Å². The van der Waals surface area contributed by atoms with Crippen LogP contribution in [0.15, 0.2) is 42.5 Å². The van der Waals surface area contributed by atoms with Crippen LogP contribution in [0.1, 0.15) is 25.3 Å². The molecule has 0 radical (unpaired) electrons. The van der Waals surface area contributed by atoms with E-state index in [0.29, 0.717) is 0 Å². The Balaban J connectivity index is 2.39. The van der Waals surface area contributed by atoms with Crippen LogP contribution in [-0.2, 0) is 6.42 Å². The molecule has 0 saturated carbocycles. The zero-order chi connectivity index (χ0) is 13.0. The number of hydrogen-bond acceptors (Lipinski definition) is 0. The lowest BCUT2D eigenvalue weighted by Crippen LogP contribution is -1.92. The lowest BCUT2D eigenvalue weighted by molar-refractivity contribution is 0.509. The normalized spacial score (nSPS) is 10.6. The molecule has 0 aromatic heterocycles. The van der Waals surface area contributed by atoms with Crippen molar-refractivity contribution in [1.29, 1.82) is 0 Å². The van der Waals surface area contributed by atoms with E-state index in [4.69, 9.17) is 0 Å². The molecule has 2 aromatic rings. The van der Waals surface area contributed by atoms with Crippen molar-refractivity contribution < 1.29 is 8.78 Å². The zero-order valence-electron chi connectivity index (χ0n) is 10.4. The topological polar surface area (TPSA) is 0 Å². The Morgan fingerprint density at radius 1 is 0.944 bits per heavy atom. The number of hydrogen-bond donors (Lipinski definition) is 0. The van der Waals surface area contributed by atoms with Crippen LogP contribution in [-0.4, -0.2) is 0 Å². The summed E-state index contributed by atoms with van der Waals surface area (Å²) in [6, 6.07) is 12.0. The molecule has 0 nitrogen and oxygen atoms in total. The smallest absolute Gasteiger partial charge is 0.159 e. The molecule has 2 rings (SSSR count). The van der Waals surface area contributed by atoms with Gasteiger partial charge in [0.1, 0.15) is 0 Å². The summed E-state index contributed by atoms with van der Waals surface area (Å²) in [4.78, 5) is 0. The first-order valence-electron chi connectivity index (χ1n) is 6.25. The van der Waals surface area contributed by atoms with Crippen LogP contribution >= 0.6 is 0 Å². The summed E-state index contributed by atoms with van der Waals surface area (Å²) in [5, 5.41) is 0. The molecule has 0 N–H and O–H groups in total. The Kier molecular flexibility index (Phi) is 4.08. The van der Waals surface area contributed by atoms with E-state index in [0.717, 1.165) is 30.4 Å². The fraction of sp³-hybridized carbons (Fsp3) is 0.250. The Morgan fingerprint density at radius 3 is 2.44 bits per heavy atom. The maximum Gasteiger partial charge on any atom is 0.159 e. The summed E-state index contributed by atoms with van der Waals surface area (Å²) in [5.74, 6) is -1.59. The molecule has 0 spiro atoms. The Labute approximate surface area is 106 Å². The van der Waals surface area contributed by atoms with Gasteiger partial charge in [-0.2, -0.15) is 0 Å². The molecule has 0 fully saturated rings. The second-order valence-corrected chi connectivity index (χ2v) is 4.39. The van der Waals surface area contributed by atoms with Gasteiger partial charge < -0.3 is 0 Å². The fourth-order valence-corrected chi connectivity index (χ4v) is 2.05. The highest BCUT2D eigenvalue weighted by Crippen LogP contribution is 2.26. The molecule has 0 bridgehead atoms. The molecule has 0 aliphatic heterocycles. The molecule has 0 saturated heterocycles. The van der Waals surface area contributed by atoms with E-state index in [2.05, 4.69) is 6.92 Å². The molecular weight excluding hydrogens is 230 g/mol. The highest BCUT2D eigenvalue weighted by molar-refractivity contribution is 5.67. The quantitative estimate of drug-likeness (QED) is 0.714. The van der Waals surface area contributed by atoms with E-state index in [1.807, 2.05) is 24.3 Å². The number of unbranched alkanes of at least 4 members (excludes halogenated alkanes) is 1. The molecule has 2 heteroatoms. The standard InChI is InChI=1S/C16H16F2/c1-2-3-6-12-7-4-5-8-14(12)13-9-10-15(17)16(18)11-13/h4-5,7-11H,2-3,6H2,1H3. The number of aryl methyl sites for hydroxylation is 1. The predicted octanol–water partition coefficient (Wildman–Crippen LogP) is 4.97. The van der Waals surface area contributed by atoms with Crippen molar-refractivity contribution in [2.75, 3.05) is 0 Å². The van der Waals surface area contributed by atoms with Crippen molar-refractivity contribution in [1.82, 2.24) is 0 Å². The van der Waals surface area contributed by atoms with Gasteiger partial charge in [0.05, 0.1) is 0 Å². The minimum absolute atomic E-state index is 0.737. The largest absolute Gasteiger partial charge is 0.204 e. The third-order valence-corrected chi connectivity index (χ3v) is 3.05. The minimum atomic E-state index is -0.801. The molecule has 0 unspecified atom stereocenters. The average molecular weight is 246 g/mol. The van der Waals surface area contributed by atoms with Crippen molar-refractivity contribution in [3.05, 3.63) is 59.7 Å². The van der Waals surface area contributed by atoms with Gasteiger partial charge in [-0.1, -0.05) is 43.7 Å². The first-order chi connectivity index (χ1) is 8.72. The first kappa shape index (κ1) is 12.7. The molecule has 0 aliphatic carbocycles. The SMILES string of the molecule is CCCCc1ccccc1-c1ccc(F)c(F)c1. The summed E-state index contributed by atoms with van der Waals surface area (Å²) in [7, 11) is 0. The predicted molar refractivity (Wildman–Crippen MR) is 70.4 cm³/mol. The third-order valence-electron chi connectivity index (χ3n) is 3.05. The molecular formula is C16H16F2. The van der Waals surface area contributed by atoms with Crippen molar-refractivity contribution in [3.63, 3.8) is 0 Å². The Morgan fingerprint density at radius 2 is 1.72 bits per heavy atom. The molecule has 18 heavy (non-hydrogen) atoms. The fourth-order valence-electron chi connectivity index (χ4n) is 2.05. The van der Waals surface area contributed by atoms with Gasteiger partial charge in [-0.25, -0.2) is 8.78 Å². The Bertz CT molecular complexity index is 532. The van der Waals surface area contributed by atoms with E-state index >= 15 is 0 Å². The van der Waals surface area contributed by atoms with Gasteiger partial charge in [0.2, 0.25) is 0 Å². The third kappa shape index (κ3) is 2.76. The van der Waals surface area contributed by atoms with Crippen LogP contribution < -0.4 is 0 Å². The minimum Gasteiger partial charge on any atom is -0.204 e. The number of halogens is 2. The van der Waals surface area contributed by atoms with Gasteiger partial charge in [-0.3, -0.25) is 0 Å². The zero-order valence-corrected chi connectivity index (χ0v) is 10.4. The van der Waals surface area contributed by atoms with Gasteiger partial charge in [0.25, 0.3) is 0 Å². The van der Waals surface area contributed by atoms with Crippen LogP contribution in [0.5, 0.6) is 0 Å². The lowest BCUT2D eigenvalue weighted by Gasteiger charge is -2.09. The molecule has 0 aliphatic rings. The average Bonchev–Trinajstić information content (AvgIpc) is 2.40. The van der Waals surface area contributed by atoms with Gasteiger partial charge >= 0.3 is 0 Å². The van der Waals surface area contributed by atoms with Crippen molar-refractivity contribution in [2.45, 2.75) is 26.2 Å². The Hall–Kier alpha value is -1.70. The van der Waals surface area contributed by atoms with Gasteiger partial charge in [-0.05, 0) is 41.7 Å². The molecule has 94 valence electrons. The molecule has 0 amide bonds. The van der Waals surface area contributed by atoms with Gasteiger partial charge in [-0.15, -0.1) is 0 Å². The maximum absolute atomic E-state index is 13.3. The summed E-state index contributed by atoms with van der Waals surface area (Å²) >= 11 is 0. The highest BCUT2D eigenvalue weighted by atomic mass is 19.2. The summed E-state index contributed by atoms with van der Waals surface area (Å²) in [5.41, 5.74) is 2.91. The first-order valence-corrected chi connectivity index (χ1v) is 6.25. The van der Waals surface area contributed by atoms with Crippen molar-refractivity contribution >= 4 is 0 Å². The highest BCUT2D eigenvalue weighted by Gasteiger charge is 2.07. The second-order valence-electron chi connectivity index (χ2n) is 4.39. The summed E-state index contributed by atoms with van der Waals surface area (Å²) in [6.07, 6.45) is 3.18. The lowest BCUT2D eigenvalue weighted by atomic mass is 9.96. The van der Waals surface area contributed by atoms with Crippen LogP contribution in [0, 0.1) is 11.6 Å². The van der Waals surface area contributed by atoms with Crippen LogP contribution in [0.4, 0.5) is 8.78 Å². The monoisotopic (exact) mass is 246 g/mol. The van der Waals surface area contributed by atoms with Crippen molar-refractivity contribution in [3.8, 4) is 11.1 Å². The van der Waals surface area contributed by atoms with Gasteiger partial charge in [0.15, 0.2) is 11.6 Å². The van der Waals surface area contributed by atoms with Crippen LogP contribution in [0.25, 0.3) is 11.1 Å². The number of rotatable bonds is 4. The summed E-state index contributed by atoms with van der Waals surface area (Å²) in [6.45, 7) is 2.14. The molecule has 2 aromatic carbocycles. The van der Waals surface area contributed by atoms with E-state index in [9.17, 15) is 8.78 Å². The van der Waals surface area contributed by atoms with E-state index in [-0.39, 0.29) is 0 Å². The summed E-state index contributed by atoms with van der Waals surface area (Å²) < 4.78 is 26.2. The number of benzene rings is 2. The van der Waals surface area contributed by atoms with Crippen LogP contribution in [0.2, 0.25) is 0 Å². The molecule has 0 heterocycles. The van der Waals surface area contributed by atoms with Gasteiger partial charge in [0, 0.05) is 0 Å². The van der Waals surface area contributed by atoms with E-state index < -0.39 is 11.6 Å². The van der Waals surface area contributed by atoms with Crippen molar-refractivity contribution in [2.24, 2.45) is 0 Å².